The molecule has 1 aromatic rings. The molecule has 1 aliphatic carbocycles. The molecule has 1 fully saturated rings. The smallest absolute Gasteiger partial charge is 0.374 e. The summed E-state index contributed by atoms with van der Waals surface area (Å²) in [7, 11) is 1.64. The summed E-state index contributed by atoms with van der Waals surface area (Å²) in [5, 5.41) is 14.2. The van der Waals surface area contributed by atoms with Gasteiger partial charge in [-0.15, -0.1) is 0 Å². The second-order valence-electron chi connectivity index (χ2n) is 9.16. The van der Waals surface area contributed by atoms with Crippen LogP contribution in [0.5, 0.6) is 17.2 Å². The second kappa shape index (κ2) is 8.43. The first kappa shape index (κ1) is 21.9. The van der Waals surface area contributed by atoms with Gasteiger partial charge in [0, 0.05) is 17.5 Å². The first-order valence-corrected chi connectivity index (χ1v) is 11.6. The van der Waals surface area contributed by atoms with E-state index in [0.29, 0.717) is 23.7 Å². The Balaban J connectivity index is 1.61. The van der Waals surface area contributed by atoms with Crippen LogP contribution in [0.4, 0.5) is 0 Å². The third-order valence-corrected chi connectivity index (χ3v) is 6.87. The van der Waals surface area contributed by atoms with Crippen molar-refractivity contribution < 1.29 is 33.7 Å². The van der Waals surface area contributed by atoms with Crippen molar-refractivity contribution in [1.29, 1.82) is 0 Å². The maximum absolute atomic E-state index is 12.5. The lowest BCUT2D eigenvalue weighted by atomic mass is 9.74. The summed E-state index contributed by atoms with van der Waals surface area (Å²) in [5.41, 5.74) is 1.70. The van der Waals surface area contributed by atoms with E-state index in [1.165, 1.54) is 4.90 Å². The Labute approximate surface area is 193 Å². The number of quaternary nitrogens is 1. The maximum atomic E-state index is 12.5. The first-order valence-electron chi connectivity index (χ1n) is 11.6. The van der Waals surface area contributed by atoms with Crippen molar-refractivity contribution in [3.8, 4) is 17.2 Å². The normalized spacial score (nSPS) is 30.4. The van der Waals surface area contributed by atoms with Crippen molar-refractivity contribution in [3.05, 3.63) is 47.5 Å². The molecule has 0 radical (unpaired) electrons. The van der Waals surface area contributed by atoms with E-state index in [1.807, 2.05) is 19.2 Å². The fourth-order valence-electron chi connectivity index (χ4n) is 5.32. The molecule has 33 heavy (non-hydrogen) atoms. The fraction of sp³-hybridized carbons (Fsp3) is 0.480. The van der Waals surface area contributed by atoms with E-state index in [0.717, 1.165) is 42.8 Å². The maximum Gasteiger partial charge on any atom is 0.374 e. The zero-order valence-electron chi connectivity index (χ0n) is 19.3. The molecule has 3 N–H and O–H groups in total. The Morgan fingerprint density at radius 3 is 3.00 bits per heavy atom. The van der Waals surface area contributed by atoms with Gasteiger partial charge < -0.3 is 29.4 Å². The van der Waals surface area contributed by atoms with Gasteiger partial charge in [-0.05, 0) is 50.8 Å². The van der Waals surface area contributed by atoms with Gasteiger partial charge in [-0.2, -0.15) is 0 Å². The molecule has 3 aliphatic heterocycles. The Morgan fingerprint density at radius 1 is 1.42 bits per heavy atom. The van der Waals surface area contributed by atoms with Crippen molar-refractivity contribution in [3.63, 3.8) is 0 Å². The molecule has 1 unspecified atom stereocenters. The molecule has 1 aromatic carbocycles. The predicted molar refractivity (Wildman–Crippen MR) is 121 cm³/mol. The number of fused-ring (bicyclic) bond motifs is 4. The minimum atomic E-state index is -0.917. The molecule has 8 heteroatoms. The average Bonchev–Trinajstić information content (AvgIpc) is 3.44. The number of aliphatic hydroxyl groups is 1. The van der Waals surface area contributed by atoms with Gasteiger partial charge in [0.15, 0.2) is 6.67 Å². The fourth-order valence-corrected chi connectivity index (χ4v) is 5.32. The first-order chi connectivity index (χ1) is 15.9. The third-order valence-electron chi connectivity index (χ3n) is 6.87. The van der Waals surface area contributed by atoms with Crippen molar-refractivity contribution >= 4 is 11.5 Å². The van der Waals surface area contributed by atoms with Gasteiger partial charge in [0.2, 0.25) is 5.76 Å². The number of methoxy groups -OCH3 is 1. The molecule has 0 aromatic heterocycles. The number of nitrogens with one attached hydrogen (secondary N) is 2. The second-order valence-corrected chi connectivity index (χ2v) is 9.16. The molecule has 0 spiro atoms. The van der Waals surface area contributed by atoms with E-state index in [1.54, 1.807) is 20.1 Å². The molecule has 3 heterocycles. The van der Waals surface area contributed by atoms with Crippen molar-refractivity contribution in [2.75, 3.05) is 26.9 Å². The van der Waals surface area contributed by atoms with Gasteiger partial charge in [-0.25, -0.2) is 4.79 Å². The number of rotatable bonds is 5. The largest absolute Gasteiger partial charge is 0.496 e. The summed E-state index contributed by atoms with van der Waals surface area (Å²) in [4.78, 5) is 13.8. The van der Waals surface area contributed by atoms with Crippen LogP contribution in [0.3, 0.4) is 0 Å². The molecular formula is C25H31N2O6+. The van der Waals surface area contributed by atoms with Crippen LogP contribution in [0.25, 0.3) is 5.57 Å². The molecule has 5 rings (SSSR count). The lowest BCUT2D eigenvalue weighted by Gasteiger charge is -2.37. The summed E-state index contributed by atoms with van der Waals surface area (Å²) in [6.07, 6.45) is 10.0. The van der Waals surface area contributed by atoms with Crippen LogP contribution in [0, 0.1) is 0 Å². The van der Waals surface area contributed by atoms with Gasteiger partial charge >= 0.3 is 5.97 Å². The molecule has 8 nitrogen and oxygen atoms in total. The zero-order valence-corrected chi connectivity index (χ0v) is 19.3. The summed E-state index contributed by atoms with van der Waals surface area (Å²) in [5.74, 6) is 1.47. The Kier molecular flexibility index (Phi) is 5.58. The number of hydrogen-bond acceptors (Lipinski definition) is 7. The standard InChI is InChI=1S/C25H30N2O6/c1-4-31-24(28)19-12-15(7-10-27-11-9-26-14-27)20-17(32-19)13-18-21(22(20)30-3)16-6-5-8-25(2,29)23(16)33-18/h7,9,11-13,16,23,26,29H,4-6,8,10,14H2,1-3H3/p+1/b15-7+/t16-,23+,25-/m1/s1. The Bertz CT molecular complexity index is 1060. The number of benzene rings is 1. The quantitative estimate of drug-likeness (QED) is 0.581. The number of hydrogen-bond donors (Lipinski definition) is 3. The molecular weight excluding hydrogens is 424 g/mol. The van der Waals surface area contributed by atoms with Gasteiger partial charge in [-0.3, -0.25) is 4.90 Å². The molecule has 4 aliphatic rings. The number of carbonyl (C=O) groups is 1. The van der Waals surface area contributed by atoms with Crippen LogP contribution in [0.2, 0.25) is 0 Å². The zero-order chi connectivity index (χ0) is 23.2. The van der Waals surface area contributed by atoms with Crippen molar-refractivity contribution in [1.82, 2.24) is 5.32 Å². The van der Waals surface area contributed by atoms with E-state index in [9.17, 15) is 9.90 Å². The predicted octanol–water partition coefficient (Wildman–Crippen LogP) is 1.61. The number of carbonyl (C=O) groups excluding carboxylic acids is 1. The molecule has 0 amide bonds. The number of ether oxygens (including phenoxy) is 4. The minimum absolute atomic E-state index is 0.0389. The van der Waals surface area contributed by atoms with Crippen LogP contribution < -0.4 is 24.4 Å². The summed E-state index contributed by atoms with van der Waals surface area (Å²) < 4.78 is 23.4. The van der Waals surface area contributed by atoms with Gasteiger partial charge in [0.1, 0.15) is 36.1 Å². The highest BCUT2D eigenvalue weighted by Crippen LogP contribution is 2.57. The monoisotopic (exact) mass is 455 g/mol. The minimum Gasteiger partial charge on any atom is -0.496 e. The molecule has 0 bridgehead atoms. The SMILES string of the molecule is CCOC(=O)C1=C/C(=C\C[NH+]2C=CNC2)c2c(cc3c(c2OC)[C@H]2CCC[C@@](C)(O)[C@H]2O3)O1. The van der Waals surface area contributed by atoms with E-state index in [4.69, 9.17) is 18.9 Å². The van der Waals surface area contributed by atoms with E-state index in [2.05, 4.69) is 17.6 Å². The Morgan fingerprint density at radius 2 is 2.27 bits per heavy atom. The highest BCUT2D eigenvalue weighted by atomic mass is 16.6. The molecule has 176 valence electrons. The van der Waals surface area contributed by atoms with Crippen molar-refractivity contribution in [2.24, 2.45) is 0 Å². The van der Waals surface area contributed by atoms with Crippen LogP contribution >= 0.6 is 0 Å². The highest BCUT2D eigenvalue weighted by molar-refractivity contribution is 5.96. The average molecular weight is 456 g/mol. The number of allylic oxidation sites excluding steroid dienone is 2. The molecule has 4 atom stereocenters. The summed E-state index contributed by atoms with van der Waals surface area (Å²) in [6, 6.07) is 1.83. The van der Waals surface area contributed by atoms with Crippen molar-refractivity contribution in [2.45, 2.75) is 50.7 Å². The lowest BCUT2D eigenvalue weighted by Crippen LogP contribution is -3.07. The van der Waals surface area contributed by atoms with E-state index < -0.39 is 11.6 Å². The van der Waals surface area contributed by atoms with Crippen LogP contribution in [0.1, 0.15) is 50.2 Å². The highest BCUT2D eigenvalue weighted by Gasteiger charge is 2.50. The van der Waals surface area contributed by atoms with E-state index in [-0.39, 0.29) is 24.4 Å². The summed E-state index contributed by atoms with van der Waals surface area (Å²) in [6.45, 7) is 5.39. The van der Waals surface area contributed by atoms with Gasteiger partial charge in [-0.1, -0.05) is 0 Å². The van der Waals surface area contributed by atoms with E-state index >= 15 is 0 Å². The lowest BCUT2D eigenvalue weighted by molar-refractivity contribution is -0.836. The van der Waals surface area contributed by atoms with Crippen LogP contribution in [0.15, 0.2) is 36.4 Å². The molecule has 0 saturated heterocycles. The van der Waals surface area contributed by atoms with Gasteiger partial charge in [0.25, 0.3) is 0 Å². The van der Waals surface area contributed by atoms with Crippen LogP contribution in [-0.2, 0) is 9.53 Å². The van der Waals surface area contributed by atoms with Crippen LogP contribution in [-0.4, -0.2) is 49.7 Å². The third kappa shape index (κ3) is 3.77. The number of esters is 1. The Hall–Kier alpha value is -2.97. The topological polar surface area (TPSA) is 90.7 Å². The molecule has 1 saturated carbocycles. The van der Waals surface area contributed by atoms with Gasteiger partial charge in [0.05, 0.1) is 31.1 Å². The summed E-state index contributed by atoms with van der Waals surface area (Å²) >= 11 is 0.